The highest BCUT2D eigenvalue weighted by atomic mass is 19.1. The van der Waals surface area contributed by atoms with Gasteiger partial charge in [0.15, 0.2) is 0 Å². The summed E-state index contributed by atoms with van der Waals surface area (Å²) < 4.78 is 26.8. The first-order valence-electron chi connectivity index (χ1n) is 5.88. The third-order valence-electron chi connectivity index (χ3n) is 3.02. The summed E-state index contributed by atoms with van der Waals surface area (Å²) >= 11 is 0. The highest BCUT2D eigenvalue weighted by Gasteiger charge is 2.19. The molecule has 0 saturated carbocycles. The van der Waals surface area contributed by atoms with Gasteiger partial charge in [-0.05, 0) is 31.5 Å². The molecule has 2 rings (SSSR count). The van der Waals surface area contributed by atoms with Crippen molar-refractivity contribution in [1.29, 1.82) is 0 Å². The second-order valence-electron chi connectivity index (χ2n) is 4.39. The number of hydrazine groups is 1. The molecule has 5 heteroatoms. The van der Waals surface area contributed by atoms with E-state index in [2.05, 4.69) is 10.4 Å². The Morgan fingerprint density at radius 1 is 1.11 bits per heavy atom. The van der Waals surface area contributed by atoms with Crippen molar-refractivity contribution >= 4 is 0 Å². The molecule has 1 aromatic carbocycles. The minimum atomic E-state index is -0.636. The molecule has 1 unspecified atom stereocenters. The van der Waals surface area contributed by atoms with Gasteiger partial charge in [-0.15, -0.1) is 0 Å². The van der Waals surface area contributed by atoms with Crippen molar-refractivity contribution < 1.29 is 8.78 Å². The number of hydrogen-bond donors (Lipinski definition) is 2. The van der Waals surface area contributed by atoms with E-state index in [9.17, 15) is 8.78 Å². The van der Waals surface area contributed by atoms with Crippen molar-refractivity contribution in [3.05, 3.63) is 64.5 Å². The van der Waals surface area contributed by atoms with Crippen LogP contribution in [0.3, 0.4) is 0 Å². The quantitative estimate of drug-likeness (QED) is 0.661. The molecule has 0 radical (unpaired) electrons. The standard InChI is InChI=1S/C14H15F2N3/c1-8-3-5-11(9(2)18-8)14(19-17)12-6-4-10(15)7-13(12)16/h3-7,14,19H,17H2,1-2H3. The summed E-state index contributed by atoms with van der Waals surface area (Å²) in [6, 6.07) is 6.54. The van der Waals surface area contributed by atoms with Crippen LogP contribution in [0.1, 0.15) is 28.6 Å². The highest BCUT2D eigenvalue weighted by molar-refractivity contribution is 5.35. The summed E-state index contributed by atoms with van der Waals surface area (Å²) in [6.07, 6.45) is 0. The van der Waals surface area contributed by atoms with E-state index in [1.165, 1.54) is 12.1 Å². The lowest BCUT2D eigenvalue weighted by Gasteiger charge is -2.19. The van der Waals surface area contributed by atoms with E-state index in [0.29, 0.717) is 0 Å². The predicted molar refractivity (Wildman–Crippen MR) is 69.2 cm³/mol. The van der Waals surface area contributed by atoms with Crippen molar-refractivity contribution in [3.63, 3.8) is 0 Å². The molecule has 1 atom stereocenters. The summed E-state index contributed by atoms with van der Waals surface area (Å²) in [5.74, 6) is 4.26. The molecular weight excluding hydrogens is 248 g/mol. The topological polar surface area (TPSA) is 50.9 Å². The Kier molecular flexibility index (Phi) is 3.87. The number of nitrogens with zero attached hydrogens (tertiary/aromatic N) is 1. The number of nitrogens with one attached hydrogen (secondary N) is 1. The van der Waals surface area contributed by atoms with E-state index in [1.807, 2.05) is 26.0 Å². The molecule has 0 aliphatic heterocycles. The van der Waals surface area contributed by atoms with E-state index in [-0.39, 0.29) is 5.56 Å². The normalized spacial score (nSPS) is 12.5. The molecule has 100 valence electrons. The summed E-state index contributed by atoms with van der Waals surface area (Å²) in [5, 5.41) is 0. The number of nitrogens with two attached hydrogens (primary N) is 1. The number of hydrogen-bond acceptors (Lipinski definition) is 3. The number of halogens is 2. The summed E-state index contributed by atoms with van der Waals surface area (Å²) in [5.41, 5.74) is 5.23. The Bertz CT molecular complexity index is 548. The molecule has 2 aromatic rings. The highest BCUT2D eigenvalue weighted by Crippen LogP contribution is 2.26. The zero-order valence-electron chi connectivity index (χ0n) is 10.7. The van der Waals surface area contributed by atoms with Gasteiger partial charge in [-0.25, -0.2) is 14.2 Å². The number of pyridine rings is 1. The van der Waals surface area contributed by atoms with Crippen LogP contribution in [0.2, 0.25) is 0 Å². The Hall–Kier alpha value is -1.85. The molecule has 0 amide bonds. The van der Waals surface area contributed by atoms with Crippen LogP contribution >= 0.6 is 0 Å². The van der Waals surface area contributed by atoms with Crippen LogP contribution in [0.15, 0.2) is 30.3 Å². The smallest absolute Gasteiger partial charge is 0.131 e. The van der Waals surface area contributed by atoms with Gasteiger partial charge < -0.3 is 0 Å². The lowest BCUT2D eigenvalue weighted by molar-refractivity contribution is 0.540. The third kappa shape index (κ3) is 2.77. The zero-order chi connectivity index (χ0) is 14.0. The first kappa shape index (κ1) is 13.6. The monoisotopic (exact) mass is 263 g/mol. The van der Waals surface area contributed by atoms with Crippen LogP contribution in [0, 0.1) is 25.5 Å². The molecule has 0 saturated heterocycles. The first-order chi connectivity index (χ1) is 9.02. The zero-order valence-corrected chi connectivity index (χ0v) is 10.7. The number of aryl methyl sites for hydroxylation is 2. The Labute approximate surface area is 110 Å². The van der Waals surface area contributed by atoms with Gasteiger partial charge in [0.2, 0.25) is 0 Å². The maximum absolute atomic E-state index is 13.8. The predicted octanol–water partition coefficient (Wildman–Crippen LogP) is 2.53. The molecule has 1 heterocycles. The lowest BCUT2D eigenvalue weighted by Crippen LogP contribution is -2.30. The molecule has 3 nitrogen and oxygen atoms in total. The van der Waals surface area contributed by atoms with Crippen LogP contribution in [-0.2, 0) is 0 Å². The van der Waals surface area contributed by atoms with Crippen LogP contribution in [-0.4, -0.2) is 4.98 Å². The van der Waals surface area contributed by atoms with Crippen molar-refractivity contribution in [3.8, 4) is 0 Å². The maximum atomic E-state index is 13.8. The fourth-order valence-corrected chi connectivity index (χ4v) is 2.09. The van der Waals surface area contributed by atoms with Gasteiger partial charge in [0, 0.05) is 23.0 Å². The van der Waals surface area contributed by atoms with Crippen LogP contribution in [0.4, 0.5) is 8.78 Å². The molecule has 0 spiro atoms. The molecular formula is C14H15F2N3. The maximum Gasteiger partial charge on any atom is 0.131 e. The minimum Gasteiger partial charge on any atom is -0.271 e. The van der Waals surface area contributed by atoms with E-state index in [4.69, 9.17) is 5.84 Å². The molecule has 0 fully saturated rings. The molecule has 1 aromatic heterocycles. The summed E-state index contributed by atoms with van der Waals surface area (Å²) in [7, 11) is 0. The minimum absolute atomic E-state index is 0.289. The molecule has 3 N–H and O–H groups in total. The Morgan fingerprint density at radius 3 is 2.37 bits per heavy atom. The van der Waals surface area contributed by atoms with Crippen molar-refractivity contribution in [2.75, 3.05) is 0 Å². The fraction of sp³-hybridized carbons (Fsp3) is 0.214. The van der Waals surface area contributed by atoms with E-state index in [0.717, 1.165) is 23.0 Å². The number of benzene rings is 1. The number of aromatic nitrogens is 1. The van der Waals surface area contributed by atoms with Crippen LogP contribution in [0.5, 0.6) is 0 Å². The molecule has 0 aliphatic rings. The van der Waals surface area contributed by atoms with Gasteiger partial charge in [-0.3, -0.25) is 10.8 Å². The van der Waals surface area contributed by atoms with Gasteiger partial charge in [0.05, 0.1) is 6.04 Å². The van der Waals surface area contributed by atoms with Crippen molar-refractivity contribution in [2.45, 2.75) is 19.9 Å². The molecule has 19 heavy (non-hydrogen) atoms. The summed E-state index contributed by atoms with van der Waals surface area (Å²) in [6.45, 7) is 3.70. The van der Waals surface area contributed by atoms with Gasteiger partial charge in [0.1, 0.15) is 11.6 Å². The van der Waals surface area contributed by atoms with Crippen molar-refractivity contribution in [2.24, 2.45) is 5.84 Å². The van der Waals surface area contributed by atoms with Gasteiger partial charge >= 0.3 is 0 Å². The van der Waals surface area contributed by atoms with Crippen molar-refractivity contribution in [1.82, 2.24) is 10.4 Å². The first-order valence-corrected chi connectivity index (χ1v) is 5.88. The SMILES string of the molecule is Cc1ccc(C(NN)c2ccc(F)cc2F)c(C)n1. The number of rotatable bonds is 3. The van der Waals surface area contributed by atoms with E-state index in [1.54, 1.807) is 0 Å². The average molecular weight is 263 g/mol. The fourth-order valence-electron chi connectivity index (χ4n) is 2.09. The third-order valence-corrected chi connectivity index (χ3v) is 3.02. The lowest BCUT2D eigenvalue weighted by atomic mass is 9.97. The second kappa shape index (κ2) is 5.42. The van der Waals surface area contributed by atoms with Gasteiger partial charge in [0.25, 0.3) is 0 Å². The average Bonchev–Trinajstić information content (AvgIpc) is 2.34. The van der Waals surface area contributed by atoms with Gasteiger partial charge in [-0.1, -0.05) is 12.1 Å². The van der Waals surface area contributed by atoms with E-state index >= 15 is 0 Å². The van der Waals surface area contributed by atoms with E-state index < -0.39 is 17.7 Å². The molecule has 0 bridgehead atoms. The second-order valence-corrected chi connectivity index (χ2v) is 4.39. The van der Waals surface area contributed by atoms with Crippen LogP contribution < -0.4 is 11.3 Å². The largest absolute Gasteiger partial charge is 0.271 e. The van der Waals surface area contributed by atoms with Gasteiger partial charge in [-0.2, -0.15) is 0 Å². The molecule has 0 aliphatic carbocycles. The Balaban J connectivity index is 2.50. The summed E-state index contributed by atoms with van der Waals surface area (Å²) in [4.78, 5) is 4.32. The Morgan fingerprint density at radius 2 is 1.79 bits per heavy atom. The van der Waals surface area contributed by atoms with Crippen LogP contribution in [0.25, 0.3) is 0 Å².